The molecule has 0 unspecified atom stereocenters. The van der Waals surface area contributed by atoms with Crippen LogP contribution in [0.25, 0.3) is 0 Å². The zero-order valence-corrected chi connectivity index (χ0v) is 21.8. The van der Waals surface area contributed by atoms with Gasteiger partial charge in [0.05, 0.1) is 5.56 Å². The van der Waals surface area contributed by atoms with Crippen LogP contribution in [0, 0.1) is 0 Å². The van der Waals surface area contributed by atoms with Gasteiger partial charge in [0.15, 0.2) is 0 Å². The molecule has 0 bridgehead atoms. The average Bonchev–Trinajstić information content (AvgIpc) is 2.96. The number of hydrogen-bond donors (Lipinski definition) is 1. The lowest BCUT2D eigenvalue weighted by atomic mass is 10.1. The minimum atomic E-state index is -3.94. The maximum atomic E-state index is 13.2. The molecule has 1 N–H and O–H groups in total. The zero-order valence-electron chi connectivity index (χ0n) is 20.2. The summed E-state index contributed by atoms with van der Waals surface area (Å²) in [4.78, 5) is 40.1. The molecule has 0 aromatic heterocycles. The monoisotopic (exact) mass is 519 g/mol. The molecule has 1 aliphatic rings. The third kappa shape index (κ3) is 6.21. The number of carbonyl (C=O) groups is 3. The summed E-state index contributed by atoms with van der Waals surface area (Å²) in [5, 5.41) is 3.40. The van der Waals surface area contributed by atoms with Crippen LogP contribution in [0.3, 0.4) is 0 Å². The van der Waals surface area contributed by atoms with Gasteiger partial charge in [-0.1, -0.05) is 35.9 Å². The number of fused-ring (bicyclic) bond motifs is 1. The van der Waals surface area contributed by atoms with Gasteiger partial charge in [-0.3, -0.25) is 14.4 Å². The van der Waals surface area contributed by atoms with Crippen molar-refractivity contribution in [2.75, 3.05) is 6.54 Å². The van der Waals surface area contributed by atoms with Crippen LogP contribution in [0.2, 0.25) is 5.02 Å². The van der Waals surface area contributed by atoms with Crippen molar-refractivity contribution in [2.24, 2.45) is 0 Å². The number of amides is 3. The van der Waals surface area contributed by atoms with E-state index in [0.29, 0.717) is 5.02 Å². The van der Waals surface area contributed by atoms with Crippen molar-refractivity contribution < 1.29 is 22.8 Å². The Kier molecular flexibility index (Phi) is 7.91. The Labute approximate surface area is 211 Å². The largest absolute Gasteiger partial charge is 0.350 e. The molecule has 0 spiro atoms. The highest BCUT2D eigenvalue weighted by atomic mass is 35.5. The Hall–Kier alpha value is -2.91. The third-order valence-corrected chi connectivity index (χ3v) is 7.65. The molecule has 0 aliphatic carbocycles. The van der Waals surface area contributed by atoms with E-state index in [4.69, 9.17) is 11.6 Å². The molecule has 2 aromatic carbocycles. The summed E-state index contributed by atoms with van der Waals surface area (Å²) in [7, 11) is -3.94. The van der Waals surface area contributed by atoms with Gasteiger partial charge in [-0.25, -0.2) is 12.7 Å². The second kappa shape index (κ2) is 10.4. The quantitative estimate of drug-likeness (QED) is 0.574. The Morgan fingerprint density at radius 2 is 1.80 bits per heavy atom. The summed E-state index contributed by atoms with van der Waals surface area (Å²) in [5.41, 5.74) is 0.415. The maximum absolute atomic E-state index is 13.2. The van der Waals surface area contributed by atoms with Gasteiger partial charge in [-0.15, -0.1) is 0 Å². The Morgan fingerprint density at radius 1 is 1.11 bits per heavy atom. The van der Waals surface area contributed by atoms with Crippen LogP contribution in [-0.4, -0.2) is 53.5 Å². The highest BCUT2D eigenvalue weighted by Gasteiger charge is 2.40. The number of nitrogens with zero attached hydrogens (tertiary/aromatic N) is 2. The fourth-order valence-electron chi connectivity index (χ4n) is 3.86. The van der Waals surface area contributed by atoms with Gasteiger partial charge in [0.2, 0.25) is 11.8 Å². The summed E-state index contributed by atoms with van der Waals surface area (Å²) in [6.45, 7) is 7.24. The van der Waals surface area contributed by atoms with Crippen LogP contribution < -0.4 is 5.32 Å². The number of hydrogen-bond acceptors (Lipinski definition) is 5. The third-order valence-electron chi connectivity index (χ3n) is 5.57. The van der Waals surface area contributed by atoms with Crippen molar-refractivity contribution in [1.82, 2.24) is 14.5 Å². The number of halogens is 1. The van der Waals surface area contributed by atoms with E-state index in [1.807, 2.05) is 26.8 Å². The first-order chi connectivity index (χ1) is 16.3. The summed E-state index contributed by atoms with van der Waals surface area (Å²) < 4.78 is 26.3. The Morgan fingerprint density at radius 3 is 2.43 bits per heavy atom. The normalized spacial score (nSPS) is 15.5. The number of sulfonamides is 1. The van der Waals surface area contributed by atoms with E-state index in [1.165, 1.54) is 17.0 Å². The van der Waals surface area contributed by atoms with Gasteiger partial charge < -0.3 is 10.2 Å². The summed E-state index contributed by atoms with van der Waals surface area (Å²) in [5.74, 6) is -1.23. The van der Waals surface area contributed by atoms with E-state index in [2.05, 4.69) is 5.32 Å². The lowest BCUT2D eigenvalue weighted by Gasteiger charge is -2.31. The highest BCUT2D eigenvalue weighted by molar-refractivity contribution is 7.90. The van der Waals surface area contributed by atoms with Gasteiger partial charge in [-0.05, 0) is 63.9 Å². The van der Waals surface area contributed by atoms with Gasteiger partial charge in [0, 0.05) is 30.1 Å². The molecule has 1 atom stereocenters. The molecule has 0 saturated carbocycles. The molecule has 188 valence electrons. The summed E-state index contributed by atoms with van der Waals surface area (Å²) in [6, 6.07) is 12.3. The molecular weight excluding hydrogens is 490 g/mol. The van der Waals surface area contributed by atoms with Crippen molar-refractivity contribution in [3.8, 4) is 0 Å². The predicted molar refractivity (Wildman–Crippen MR) is 133 cm³/mol. The molecule has 10 heteroatoms. The van der Waals surface area contributed by atoms with Crippen molar-refractivity contribution >= 4 is 39.3 Å². The van der Waals surface area contributed by atoms with E-state index in [1.54, 1.807) is 37.3 Å². The molecule has 2 aromatic rings. The highest BCUT2D eigenvalue weighted by Crippen LogP contribution is 2.30. The second-order valence-electron chi connectivity index (χ2n) is 9.55. The Bertz CT molecular complexity index is 1240. The van der Waals surface area contributed by atoms with Gasteiger partial charge >= 0.3 is 0 Å². The van der Waals surface area contributed by atoms with E-state index in [-0.39, 0.29) is 48.2 Å². The summed E-state index contributed by atoms with van der Waals surface area (Å²) in [6.07, 6.45) is 0.0841. The molecule has 1 heterocycles. The van der Waals surface area contributed by atoms with Gasteiger partial charge in [0.25, 0.3) is 15.9 Å². The van der Waals surface area contributed by atoms with Crippen LogP contribution in [0.5, 0.6) is 0 Å². The smallest absolute Gasteiger partial charge is 0.269 e. The standard InChI is InChI=1S/C25H30ClN3O5S/c1-17(23(31)27-25(2,3)4)28(16-18-9-7-10-19(26)15-18)22(30)13-8-14-29-24(32)20-11-5-6-12-21(20)35(29,33)34/h5-7,9-12,15,17H,8,13-14,16H2,1-4H3,(H,27,31)/t17-/m1/s1. The number of benzene rings is 2. The first-order valence-electron chi connectivity index (χ1n) is 11.3. The lowest BCUT2D eigenvalue weighted by Crippen LogP contribution is -2.52. The fourth-order valence-corrected chi connectivity index (χ4v) is 5.68. The van der Waals surface area contributed by atoms with E-state index >= 15 is 0 Å². The molecule has 0 radical (unpaired) electrons. The maximum Gasteiger partial charge on any atom is 0.269 e. The molecule has 3 amide bonds. The number of rotatable bonds is 8. The van der Waals surface area contributed by atoms with E-state index in [9.17, 15) is 22.8 Å². The van der Waals surface area contributed by atoms with Crippen molar-refractivity contribution in [3.63, 3.8) is 0 Å². The SMILES string of the molecule is C[C@H](C(=O)NC(C)(C)C)N(Cc1cccc(Cl)c1)C(=O)CCCN1C(=O)c2ccccc2S1(=O)=O. The van der Waals surface area contributed by atoms with Gasteiger partial charge in [0.1, 0.15) is 10.9 Å². The number of carbonyl (C=O) groups excluding carboxylic acids is 3. The van der Waals surface area contributed by atoms with Crippen molar-refractivity contribution in [2.45, 2.75) is 63.6 Å². The predicted octanol–water partition coefficient (Wildman–Crippen LogP) is 3.60. The Balaban J connectivity index is 1.73. The first kappa shape index (κ1) is 26.7. The first-order valence-corrected chi connectivity index (χ1v) is 13.1. The lowest BCUT2D eigenvalue weighted by molar-refractivity contribution is -0.141. The van der Waals surface area contributed by atoms with Crippen molar-refractivity contribution in [1.29, 1.82) is 0 Å². The van der Waals surface area contributed by atoms with Crippen molar-refractivity contribution in [3.05, 3.63) is 64.7 Å². The topological polar surface area (TPSA) is 104 Å². The van der Waals surface area contributed by atoms with Crippen LogP contribution in [0.4, 0.5) is 0 Å². The molecule has 0 saturated heterocycles. The molecular formula is C25H30ClN3O5S. The number of nitrogens with one attached hydrogen (secondary N) is 1. The summed E-state index contributed by atoms with van der Waals surface area (Å²) >= 11 is 6.10. The molecule has 8 nitrogen and oxygen atoms in total. The fraction of sp³-hybridized carbons (Fsp3) is 0.400. The molecule has 0 fully saturated rings. The van der Waals surface area contributed by atoms with Crippen LogP contribution >= 0.6 is 11.6 Å². The van der Waals surface area contributed by atoms with Crippen LogP contribution in [0.15, 0.2) is 53.4 Å². The molecule has 35 heavy (non-hydrogen) atoms. The minimum Gasteiger partial charge on any atom is -0.350 e. The second-order valence-corrected chi connectivity index (χ2v) is 11.8. The molecule has 1 aliphatic heterocycles. The van der Waals surface area contributed by atoms with Gasteiger partial charge in [-0.2, -0.15) is 0 Å². The van der Waals surface area contributed by atoms with E-state index in [0.717, 1.165) is 9.87 Å². The molecule has 3 rings (SSSR count). The van der Waals surface area contributed by atoms with Crippen LogP contribution in [0.1, 0.15) is 56.5 Å². The van der Waals surface area contributed by atoms with E-state index < -0.39 is 27.5 Å². The van der Waals surface area contributed by atoms with Crippen LogP contribution in [-0.2, 0) is 26.2 Å². The average molecular weight is 520 g/mol. The zero-order chi connectivity index (χ0) is 26.0. The minimum absolute atomic E-state index is 0.0219.